The fourth-order valence-electron chi connectivity index (χ4n) is 2.64. The smallest absolute Gasteiger partial charge is 0.0480 e. The molecule has 0 saturated carbocycles. The summed E-state index contributed by atoms with van der Waals surface area (Å²) >= 11 is 0. The van der Waals surface area contributed by atoms with Crippen LogP contribution in [0.3, 0.4) is 0 Å². The summed E-state index contributed by atoms with van der Waals surface area (Å²) in [5.41, 5.74) is 3.09. The van der Waals surface area contributed by atoms with Crippen LogP contribution in [0.25, 0.3) is 10.9 Å². The maximum atomic E-state index is 2.35. The maximum Gasteiger partial charge on any atom is 0.0480 e. The van der Waals surface area contributed by atoms with E-state index in [9.17, 15) is 0 Å². The van der Waals surface area contributed by atoms with Crippen molar-refractivity contribution in [1.29, 1.82) is 0 Å². The summed E-state index contributed by atoms with van der Waals surface area (Å²) in [6, 6.07) is 8.68. The molecule has 1 aromatic heterocycles. The van der Waals surface area contributed by atoms with E-state index in [0.29, 0.717) is 0 Å². The molecule has 1 heterocycles. The molecule has 0 spiro atoms. The number of benzene rings is 1. The number of nitrogens with zero attached hydrogens (tertiary/aromatic N) is 1. The highest BCUT2D eigenvalue weighted by Gasteiger charge is 2.23. The van der Waals surface area contributed by atoms with E-state index in [2.05, 4.69) is 62.8 Å². The van der Waals surface area contributed by atoms with Gasteiger partial charge in [-0.25, -0.2) is 0 Å². The average molecular weight is 215 g/mol. The molecule has 16 heavy (non-hydrogen) atoms. The van der Waals surface area contributed by atoms with E-state index in [1.165, 1.54) is 29.3 Å². The molecule has 0 unspecified atom stereocenters. The Labute approximate surface area is 98.1 Å². The Morgan fingerprint density at radius 1 is 1.19 bits per heavy atom. The van der Waals surface area contributed by atoms with E-state index in [0.717, 1.165) is 0 Å². The Morgan fingerprint density at radius 3 is 2.56 bits per heavy atom. The zero-order valence-electron chi connectivity index (χ0n) is 10.7. The largest absolute Gasteiger partial charge is 0.350 e. The Bertz CT molecular complexity index is 491. The first kappa shape index (κ1) is 11.3. The SMILES string of the molecule is CCCC(C)(C)c1cn(C)c2ccccc12. The van der Waals surface area contributed by atoms with Crippen molar-refractivity contribution in [1.82, 2.24) is 4.57 Å². The lowest BCUT2D eigenvalue weighted by atomic mass is 9.80. The molecule has 0 N–H and O–H groups in total. The average Bonchev–Trinajstić information content (AvgIpc) is 2.58. The highest BCUT2D eigenvalue weighted by molar-refractivity contribution is 5.84. The fraction of sp³-hybridized carbons (Fsp3) is 0.467. The molecule has 0 bridgehead atoms. The Morgan fingerprint density at radius 2 is 1.88 bits per heavy atom. The summed E-state index contributed by atoms with van der Waals surface area (Å²) in [5, 5.41) is 1.41. The quantitative estimate of drug-likeness (QED) is 0.721. The van der Waals surface area contributed by atoms with E-state index in [4.69, 9.17) is 0 Å². The molecule has 0 aliphatic rings. The second-order valence-corrected chi connectivity index (χ2v) is 5.30. The highest BCUT2D eigenvalue weighted by Crippen LogP contribution is 2.34. The molecule has 2 rings (SSSR count). The van der Waals surface area contributed by atoms with Gasteiger partial charge in [-0.05, 0) is 23.5 Å². The third-order valence-electron chi connectivity index (χ3n) is 3.50. The van der Waals surface area contributed by atoms with Gasteiger partial charge in [-0.3, -0.25) is 0 Å². The van der Waals surface area contributed by atoms with Crippen molar-refractivity contribution in [2.75, 3.05) is 0 Å². The molecule has 0 atom stereocenters. The first-order valence-corrected chi connectivity index (χ1v) is 6.11. The molecule has 0 fully saturated rings. The van der Waals surface area contributed by atoms with Crippen molar-refractivity contribution >= 4 is 10.9 Å². The van der Waals surface area contributed by atoms with E-state index in [1.54, 1.807) is 0 Å². The van der Waals surface area contributed by atoms with Gasteiger partial charge in [-0.1, -0.05) is 45.4 Å². The van der Waals surface area contributed by atoms with Gasteiger partial charge in [0.15, 0.2) is 0 Å². The number of hydrogen-bond donors (Lipinski definition) is 0. The van der Waals surface area contributed by atoms with Crippen molar-refractivity contribution in [2.24, 2.45) is 7.05 Å². The molecule has 0 saturated heterocycles. The fourth-order valence-corrected chi connectivity index (χ4v) is 2.64. The van der Waals surface area contributed by atoms with Gasteiger partial charge < -0.3 is 4.57 Å². The second-order valence-electron chi connectivity index (χ2n) is 5.30. The van der Waals surface area contributed by atoms with Crippen LogP contribution in [-0.4, -0.2) is 4.57 Å². The predicted octanol–water partition coefficient (Wildman–Crippen LogP) is 4.26. The molecule has 1 heteroatoms. The van der Waals surface area contributed by atoms with Crippen molar-refractivity contribution in [3.63, 3.8) is 0 Å². The van der Waals surface area contributed by atoms with Crippen LogP contribution in [-0.2, 0) is 12.5 Å². The van der Waals surface area contributed by atoms with E-state index >= 15 is 0 Å². The highest BCUT2D eigenvalue weighted by atomic mass is 14.9. The van der Waals surface area contributed by atoms with Crippen molar-refractivity contribution in [3.8, 4) is 0 Å². The summed E-state index contributed by atoms with van der Waals surface area (Å²) in [4.78, 5) is 0. The molecule has 0 aliphatic heterocycles. The lowest BCUT2D eigenvalue weighted by Gasteiger charge is -2.23. The molecule has 0 radical (unpaired) electrons. The van der Waals surface area contributed by atoms with Crippen LogP contribution in [0.4, 0.5) is 0 Å². The molecular weight excluding hydrogens is 194 g/mol. The zero-order valence-corrected chi connectivity index (χ0v) is 10.7. The number of aromatic nitrogens is 1. The molecule has 1 nitrogen and oxygen atoms in total. The Hall–Kier alpha value is -1.24. The van der Waals surface area contributed by atoms with Crippen molar-refractivity contribution in [2.45, 2.75) is 39.0 Å². The number of fused-ring (bicyclic) bond motifs is 1. The topological polar surface area (TPSA) is 4.93 Å². The number of hydrogen-bond acceptors (Lipinski definition) is 0. The van der Waals surface area contributed by atoms with Crippen LogP contribution in [0.5, 0.6) is 0 Å². The Balaban J connectivity index is 2.61. The molecule has 0 amide bonds. The standard InChI is InChI=1S/C15H21N/c1-5-10-15(2,3)13-11-16(4)14-9-7-6-8-12(13)14/h6-9,11H,5,10H2,1-4H3. The minimum absolute atomic E-state index is 0.273. The molecule has 0 aliphatic carbocycles. The van der Waals surface area contributed by atoms with Gasteiger partial charge in [0.05, 0.1) is 0 Å². The van der Waals surface area contributed by atoms with E-state index < -0.39 is 0 Å². The van der Waals surface area contributed by atoms with Gasteiger partial charge in [-0.15, -0.1) is 0 Å². The van der Waals surface area contributed by atoms with Crippen LogP contribution >= 0.6 is 0 Å². The van der Waals surface area contributed by atoms with E-state index in [-0.39, 0.29) is 5.41 Å². The first-order valence-electron chi connectivity index (χ1n) is 6.11. The van der Waals surface area contributed by atoms with Crippen LogP contribution in [0.2, 0.25) is 0 Å². The minimum atomic E-state index is 0.273. The minimum Gasteiger partial charge on any atom is -0.350 e. The van der Waals surface area contributed by atoms with Gasteiger partial charge in [-0.2, -0.15) is 0 Å². The predicted molar refractivity (Wildman–Crippen MR) is 70.9 cm³/mol. The molecule has 2 aromatic rings. The van der Waals surface area contributed by atoms with Gasteiger partial charge in [0.2, 0.25) is 0 Å². The lowest BCUT2D eigenvalue weighted by Crippen LogP contribution is -2.16. The Kier molecular flexibility index (Phi) is 2.79. The summed E-state index contributed by atoms with van der Waals surface area (Å²) in [6.07, 6.45) is 4.76. The van der Waals surface area contributed by atoms with Gasteiger partial charge in [0.25, 0.3) is 0 Å². The molecule has 86 valence electrons. The summed E-state index contributed by atoms with van der Waals surface area (Å²) in [7, 11) is 2.13. The van der Waals surface area contributed by atoms with Crippen molar-refractivity contribution < 1.29 is 0 Å². The summed E-state index contributed by atoms with van der Waals surface area (Å²) in [6.45, 7) is 6.95. The van der Waals surface area contributed by atoms with Gasteiger partial charge in [0, 0.05) is 24.1 Å². The van der Waals surface area contributed by atoms with Crippen LogP contribution in [0, 0.1) is 0 Å². The number of aryl methyl sites for hydroxylation is 1. The van der Waals surface area contributed by atoms with Crippen LogP contribution in [0.15, 0.2) is 30.5 Å². The van der Waals surface area contributed by atoms with Gasteiger partial charge in [0.1, 0.15) is 0 Å². The lowest BCUT2D eigenvalue weighted by molar-refractivity contribution is 0.476. The molecule has 1 aromatic carbocycles. The van der Waals surface area contributed by atoms with Crippen LogP contribution in [0.1, 0.15) is 39.2 Å². The normalized spacial score (nSPS) is 12.2. The monoisotopic (exact) mass is 215 g/mol. The second kappa shape index (κ2) is 3.97. The summed E-state index contributed by atoms with van der Waals surface area (Å²) < 4.78 is 2.24. The van der Waals surface area contributed by atoms with Crippen LogP contribution < -0.4 is 0 Å². The third kappa shape index (κ3) is 1.75. The van der Waals surface area contributed by atoms with Gasteiger partial charge >= 0.3 is 0 Å². The zero-order chi connectivity index (χ0) is 11.8. The third-order valence-corrected chi connectivity index (χ3v) is 3.50. The molecular formula is C15H21N. The van der Waals surface area contributed by atoms with E-state index in [1.807, 2.05) is 0 Å². The van der Waals surface area contributed by atoms with Crippen molar-refractivity contribution in [3.05, 3.63) is 36.0 Å². The maximum absolute atomic E-state index is 2.35. The first-order chi connectivity index (χ1) is 7.56. The summed E-state index contributed by atoms with van der Waals surface area (Å²) in [5.74, 6) is 0. The number of para-hydroxylation sites is 1. The number of rotatable bonds is 3.